The van der Waals surface area contributed by atoms with Crippen molar-refractivity contribution < 1.29 is 13.5 Å². The van der Waals surface area contributed by atoms with Crippen LogP contribution in [0, 0.1) is 5.92 Å². The second-order valence-electron chi connectivity index (χ2n) is 3.69. The molecule has 4 heteroatoms. The second-order valence-corrected chi connectivity index (χ2v) is 3.69. The van der Waals surface area contributed by atoms with Crippen LogP contribution >= 0.6 is 0 Å². The molecule has 74 valence electrons. The van der Waals surface area contributed by atoms with Gasteiger partial charge >= 0.3 is 6.05 Å². The highest BCUT2D eigenvalue weighted by atomic mass is 19.3. The van der Waals surface area contributed by atoms with E-state index in [9.17, 15) is 8.78 Å². The average Bonchev–Trinajstić information content (AvgIpc) is 2.80. The van der Waals surface area contributed by atoms with Gasteiger partial charge in [0.05, 0.1) is 5.76 Å². The van der Waals surface area contributed by atoms with Gasteiger partial charge in [0.15, 0.2) is 6.10 Å². The lowest BCUT2D eigenvalue weighted by Gasteiger charge is -2.25. The van der Waals surface area contributed by atoms with Crippen molar-refractivity contribution >= 4 is 0 Å². The summed E-state index contributed by atoms with van der Waals surface area (Å²) >= 11 is 0. The number of halogens is 2. The van der Waals surface area contributed by atoms with Gasteiger partial charge in [0.1, 0.15) is 0 Å². The zero-order chi connectivity index (χ0) is 9.47. The summed E-state index contributed by atoms with van der Waals surface area (Å²) in [5.41, 5.74) is 0. The van der Waals surface area contributed by atoms with Crippen LogP contribution in [0.5, 0.6) is 0 Å². The molecule has 0 amide bonds. The van der Waals surface area contributed by atoms with Gasteiger partial charge in [-0.05, 0) is 25.8 Å². The monoisotopic (exact) mass is 189 g/mol. The Morgan fingerprint density at radius 2 is 2.23 bits per heavy atom. The molecule has 0 aromatic carbocycles. The molecule has 0 bridgehead atoms. The zero-order valence-electron chi connectivity index (χ0n) is 7.52. The third kappa shape index (κ3) is 1.82. The van der Waals surface area contributed by atoms with Gasteiger partial charge in [0.25, 0.3) is 0 Å². The van der Waals surface area contributed by atoms with Crippen LogP contribution in [0.4, 0.5) is 8.78 Å². The van der Waals surface area contributed by atoms with Crippen LogP contribution in [-0.4, -0.2) is 18.7 Å². The molecule has 1 heterocycles. The lowest BCUT2D eigenvalue weighted by atomic mass is 10.2. The molecule has 0 radical (unpaired) electrons. The van der Waals surface area contributed by atoms with Crippen molar-refractivity contribution in [3.63, 3.8) is 0 Å². The van der Waals surface area contributed by atoms with E-state index in [2.05, 4.69) is 5.32 Å². The van der Waals surface area contributed by atoms with Crippen LogP contribution < -0.4 is 5.32 Å². The van der Waals surface area contributed by atoms with E-state index in [1.165, 1.54) is 0 Å². The third-order valence-corrected chi connectivity index (χ3v) is 2.45. The molecule has 1 N–H and O–H groups in total. The van der Waals surface area contributed by atoms with Crippen molar-refractivity contribution in [2.45, 2.75) is 31.9 Å². The molecule has 0 aromatic rings. The Bertz CT molecular complexity index is 236. The molecular weight excluding hydrogens is 176 g/mol. The highest BCUT2D eigenvalue weighted by Gasteiger charge is 2.50. The standard InChI is InChI=1S/C9H13F2NO/c1-6-4-5-12-9(10,11)8(13-6)7-2-3-7/h4,7-8,12H,2-3,5H2,1H3. The number of alkyl halides is 2. The summed E-state index contributed by atoms with van der Waals surface area (Å²) in [5.74, 6) is 0.630. The molecule has 1 unspecified atom stereocenters. The van der Waals surface area contributed by atoms with Crippen LogP contribution in [0.15, 0.2) is 11.8 Å². The first-order valence-corrected chi connectivity index (χ1v) is 4.56. The molecule has 13 heavy (non-hydrogen) atoms. The summed E-state index contributed by atoms with van der Waals surface area (Å²) in [6, 6.07) is -2.88. The number of ether oxygens (including phenoxy) is 1. The van der Waals surface area contributed by atoms with Crippen molar-refractivity contribution in [1.29, 1.82) is 0 Å². The Balaban J connectivity index is 2.13. The normalized spacial score (nSPS) is 33.2. The smallest absolute Gasteiger partial charge is 0.339 e. The molecule has 0 spiro atoms. The molecule has 0 saturated heterocycles. The first kappa shape index (κ1) is 8.94. The molecule has 1 fully saturated rings. The van der Waals surface area contributed by atoms with Gasteiger partial charge in [0.2, 0.25) is 0 Å². The molecular formula is C9H13F2NO. The first-order valence-electron chi connectivity index (χ1n) is 4.56. The Morgan fingerprint density at radius 1 is 1.54 bits per heavy atom. The summed E-state index contributed by atoms with van der Waals surface area (Å²) in [7, 11) is 0. The minimum Gasteiger partial charge on any atom is -0.487 e. The van der Waals surface area contributed by atoms with Crippen molar-refractivity contribution in [2.24, 2.45) is 5.92 Å². The Hall–Kier alpha value is -0.640. The van der Waals surface area contributed by atoms with Crippen molar-refractivity contribution in [1.82, 2.24) is 5.32 Å². The highest BCUT2D eigenvalue weighted by Crippen LogP contribution is 2.41. The highest BCUT2D eigenvalue weighted by molar-refractivity contribution is 5.01. The fraction of sp³-hybridized carbons (Fsp3) is 0.778. The third-order valence-electron chi connectivity index (χ3n) is 2.45. The first-order chi connectivity index (χ1) is 6.09. The number of nitrogens with one attached hydrogen (secondary N) is 1. The summed E-state index contributed by atoms with van der Waals surface area (Å²) in [5, 5.41) is 2.19. The van der Waals surface area contributed by atoms with Gasteiger partial charge in [-0.3, -0.25) is 5.32 Å². The number of hydrogen-bond acceptors (Lipinski definition) is 2. The van der Waals surface area contributed by atoms with Crippen LogP contribution in [0.25, 0.3) is 0 Å². The molecule has 1 aliphatic carbocycles. The van der Waals surface area contributed by atoms with Gasteiger partial charge in [-0.25, -0.2) is 0 Å². The van der Waals surface area contributed by atoms with Crippen molar-refractivity contribution in [2.75, 3.05) is 6.54 Å². The fourth-order valence-corrected chi connectivity index (χ4v) is 1.55. The van der Waals surface area contributed by atoms with E-state index in [0.29, 0.717) is 5.76 Å². The maximum Gasteiger partial charge on any atom is 0.339 e. The van der Waals surface area contributed by atoms with Gasteiger partial charge in [-0.1, -0.05) is 0 Å². The predicted octanol–water partition coefficient (Wildman–Crippen LogP) is 1.88. The minimum absolute atomic E-state index is 0.0314. The molecule has 1 aliphatic heterocycles. The Labute approximate surface area is 76.0 Å². The fourth-order valence-electron chi connectivity index (χ4n) is 1.55. The molecule has 2 rings (SSSR count). The number of hydrogen-bond donors (Lipinski definition) is 1. The maximum atomic E-state index is 13.3. The van der Waals surface area contributed by atoms with Gasteiger partial charge in [-0.2, -0.15) is 8.78 Å². The second kappa shape index (κ2) is 2.94. The molecule has 2 aliphatic rings. The predicted molar refractivity (Wildman–Crippen MR) is 44.3 cm³/mol. The van der Waals surface area contributed by atoms with E-state index in [1.807, 2.05) is 0 Å². The minimum atomic E-state index is -2.88. The van der Waals surface area contributed by atoms with Gasteiger partial charge in [0, 0.05) is 12.5 Å². The van der Waals surface area contributed by atoms with Crippen LogP contribution in [0.3, 0.4) is 0 Å². The maximum absolute atomic E-state index is 13.3. The molecule has 1 atom stereocenters. The van der Waals surface area contributed by atoms with Crippen LogP contribution in [0.1, 0.15) is 19.8 Å². The lowest BCUT2D eigenvalue weighted by Crippen LogP contribution is -2.48. The summed E-state index contributed by atoms with van der Waals surface area (Å²) in [6.45, 7) is 1.90. The number of allylic oxidation sites excluding steroid dienone is 1. The summed E-state index contributed by atoms with van der Waals surface area (Å²) < 4.78 is 31.8. The Morgan fingerprint density at radius 3 is 2.85 bits per heavy atom. The van der Waals surface area contributed by atoms with Gasteiger partial charge < -0.3 is 4.74 Å². The quantitative estimate of drug-likeness (QED) is 0.636. The van der Waals surface area contributed by atoms with Crippen LogP contribution in [-0.2, 0) is 4.74 Å². The van der Waals surface area contributed by atoms with E-state index >= 15 is 0 Å². The largest absolute Gasteiger partial charge is 0.487 e. The molecule has 1 saturated carbocycles. The van der Waals surface area contributed by atoms with E-state index in [4.69, 9.17) is 4.74 Å². The van der Waals surface area contributed by atoms with Crippen molar-refractivity contribution in [3.05, 3.63) is 11.8 Å². The van der Waals surface area contributed by atoms with E-state index < -0.39 is 12.2 Å². The van der Waals surface area contributed by atoms with Crippen LogP contribution in [0.2, 0.25) is 0 Å². The summed E-state index contributed by atoms with van der Waals surface area (Å²) in [6.07, 6.45) is 2.40. The van der Waals surface area contributed by atoms with E-state index in [0.717, 1.165) is 12.8 Å². The topological polar surface area (TPSA) is 21.3 Å². The zero-order valence-corrected chi connectivity index (χ0v) is 7.52. The lowest BCUT2D eigenvalue weighted by molar-refractivity contribution is -0.143. The Kier molecular flexibility index (Phi) is 2.02. The van der Waals surface area contributed by atoms with Gasteiger partial charge in [-0.15, -0.1) is 0 Å². The molecule has 0 aromatic heterocycles. The van der Waals surface area contributed by atoms with Crippen molar-refractivity contribution in [3.8, 4) is 0 Å². The number of rotatable bonds is 1. The SMILES string of the molecule is CC1=CCNC(F)(F)C(C2CC2)O1. The molecule has 2 nitrogen and oxygen atoms in total. The summed E-state index contributed by atoms with van der Waals surface area (Å²) in [4.78, 5) is 0. The van der Waals surface area contributed by atoms with E-state index in [-0.39, 0.29) is 12.5 Å². The van der Waals surface area contributed by atoms with E-state index in [1.54, 1.807) is 13.0 Å². The average molecular weight is 189 g/mol.